The molecule has 2 aliphatic rings. The second-order valence-corrected chi connectivity index (χ2v) is 6.44. The molecule has 1 aromatic carbocycles. The molecule has 21 heavy (non-hydrogen) atoms. The van der Waals surface area contributed by atoms with Gasteiger partial charge in [0.1, 0.15) is 0 Å². The van der Waals surface area contributed by atoms with E-state index in [1.54, 1.807) is 0 Å². The highest BCUT2D eigenvalue weighted by Gasteiger charge is 2.36. The van der Waals surface area contributed by atoms with Crippen LogP contribution >= 0.6 is 0 Å². The number of rotatable bonds is 4. The van der Waals surface area contributed by atoms with E-state index in [4.69, 9.17) is 0 Å². The fraction of sp³-hybridized carbons (Fsp3) is 0.526. The van der Waals surface area contributed by atoms with Crippen molar-refractivity contribution < 1.29 is 4.79 Å². The van der Waals surface area contributed by atoms with Crippen molar-refractivity contribution >= 4 is 5.91 Å². The highest BCUT2D eigenvalue weighted by molar-refractivity contribution is 5.82. The normalized spacial score (nSPS) is 25.5. The molecule has 0 bridgehead atoms. The standard InChI is InChI=1S/C19H25NO/c1-15-14-17-11-5-6-12-18(17)19(21)20(15)13-7-10-16-8-3-2-4-9-16/h2-4,8-9,14,17-18H,5-7,10-13H2,1H3/t17-,18+/m1/s1. The molecule has 0 saturated heterocycles. The van der Waals surface area contributed by atoms with Crippen molar-refractivity contribution in [3.8, 4) is 0 Å². The number of nitrogens with zero attached hydrogens (tertiary/aromatic N) is 1. The summed E-state index contributed by atoms with van der Waals surface area (Å²) in [5.41, 5.74) is 2.54. The first-order chi connectivity index (χ1) is 10.3. The molecular weight excluding hydrogens is 258 g/mol. The number of allylic oxidation sites excluding steroid dienone is 2. The Morgan fingerprint density at radius 3 is 2.71 bits per heavy atom. The fourth-order valence-corrected chi connectivity index (χ4v) is 3.81. The van der Waals surface area contributed by atoms with Crippen LogP contribution in [-0.2, 0) is 11.2 Å². The van der Waals surface area contributed by atoms with Crippen molar-refractivity contribution in [2.45, 2.75) is 45.4 Å². The van der Waals surface area contributed by atoms with Crippen molar-refractivity contribution in [3.63, 3.8) is 0 Å². The quantitative estimate of drug-likeness (QED) is 0.812. The lowest BCUT2D eigenvalue weighted by Crippen LogP contribution is -2.43. The Morgan fingerprint density at radius 1 is 1.14 bits per heavy atom. The summed E-state index contributed by atoms with van der Waals surface area (Å²) in [6, 6.07) is 10.5. The van der Waals surface area contributed by atoms with Gasteiger partial charge in [-0.15, -0.1) is 0 Å². The van der Waals surface area contributed by atoms with E-state index in [1.807, 2.05) is 11.0 Å². The first-order valence-electron chi connectivity index (χ1n) is 8.29. The third kappa shape index (κ3) is 3.20. The lowest BCUT2D eigenvalue weighted by molar-refractivity contribution is -0.137. The molecule has 3 rings (SSSR count). The molecule has 1 heterocycles. The van der Waals surface area contributed by atoms with Crippen LogP contribution in [0.2, 0.25) is 0 Å². The van der Waals surface area contributed by atoms with Gasteiger partial charge in [0, 0.05) is 18.2 Å². The summed E-state index contributed by atoms with van der Waals surface area (Å²) in [6.07, 6.45) is 9.23. The van der Waals surface area contributed by atoms with Gasteiger partial charge >= 0.3 is 0 Å². The molecule has 1 aromatic rings. The van der Waals surface area contributed by atoms with Gasteiger partial charge in [-0.3, -0.25) is 4.79 Å². The summed E-state index contributed by atoms with van der Waals surface area (Å²) >= 11 is 0. The zero-order valence-corrected chi connectivity index (χ0v) is 12.9. The van der Waals surface area contributed by atoms with Crippen molar-refractivity contribution in [1.29, 1.82) is 0 Å². The van der Waals surface area contributed by atoms with Crippen molar-refractivity contribution in [3.05, 3.63) is 47.7 Å². The molecule has 1 amide bonds. The molecule has 0 radical (unpaired) electrons. The zero-order chi connectivity index (χ0) is 14.7. The van der Waals surface area contributed by atoms with Gasteiger partial charge in [0.15, 0.2) is 0 Å². The van der Waals surface area contributed by atoms with Crippen LogP contribution < -0.4 is 0 Å². The fourth-order valence-electron chi connectivity index (χ4n) is 3.81. The van der Waals surface area contributed by atoms with Crippen LogP contribution in [0.5, 0.6) is 0 Å². The van der Waals surface area contributed by atoms with Gasteiger partial charge in [-0.25, -0.2) is 0 Å². The predicted octanol–water partition coefficient (Wildman–Crippen LogP) is 4.17. The Hall–Kier alpha value is -1.57. The molecule has 1 aliphatic carbocycles. The minimum atomic E-state index is 0.263. The van der Waals surface area contributed by atoms with Crippen LogP contribution in [0.1, 0.15) is 44.6 Å². The molecule has 2 nitrogen and oxygen atoms in total. The monoisotopic (exact) mass is 283 g/mol. The first-order valence-corrected chi connectivity index (χ1v) is 8.29. The highest BCUT2D eigenvalue weighted by Crippen LogP contribution is 2.37. The van der Waals surface area contributed by atoms with E-state index < -0.39 is 0 Å². The lowest BCUT2D eigenvalue weighted by Gasteiger charge is -2.39. The van der Waals surface area contributed by atoms with Gasteiger partial charge in [0.2, 0.25) is 5.91 Å². The molecule has 1 aliphatic heterocycles. The van der Waals surface area contributed by atoms with Crippen molar-refractivity contribution in [2.75, 3.05) is 6.54 Å². The topological polar surface area (TPSA) is 20.3 Å². The number of benzene rings is 1. The van der Waals surface area contributed by atoms with Gasteiger partial charge < -0.3 is 4.90 Å². The number of carbonyl (C=O) groups excluding carboxylic acids is 1. The SMILES string of the molecule is CC1=C[C@H]2CCCC[C@@H]2C(=O)N1CCCc1ccccc1. The number of carbonyl (C=O) groups is 1. The maximum Gasteiger partial charge on any atom is 0.230 e. The number of aryl methyl sites for hydroxylation is 1. The molecule has 1 saturated carbocycles. The molecule has 0 aromatic heterocycles. The summed E-state index contributed by atoms with van der Waals surface area (Å²) in [5.74, 6) is 1.16. The molecule has 112 valence electrons. The molecule has 2 atom stereocenters. The summed E-state index contributed by atoms with van der Waals surface area (Å²) in [5, 5.41) is 0. The Morgan fingerprint density at radius 2 is 1.90 bits per heavy atom. The molecule has 0 N–H and O–H groups in total. The zero-order valence-electron chi connectivity index (χ0n) is 12.9. The average molecular weight is 283 g/mol. The van der Waals surface area contributed by atoms with Gasteiger partial charge in [-0.05, 0) is 44.1 Å². The maximum absolute atomic E-state index is 12.7. The number of hydrogen-bond donors (Lipinski definition) is 0. The van der Waals surface area contributed by atoms with E-state index in [2.05, 4.69) is 37.3 Å². The van der Waals surface area contributed by atoms with Gasteiger partial charge in [0.25, 0.3) is 0 Å². The van der Waals surface area contributed by atoms with Crippen LogP contribution in [0.4, 0.5) is 0 Å². The number of hydrogen-bond acceptors (Lipinski definition) is 1. The molecule has 1 fully saturated rings. The second-order valence-electron chi connectivity index (χ2n) is 6.44. The molecular formula is C19H25NO. The molecule has 0 unspecified atom stereocenters. The summed E-state index contributed by atoms with van der Waals surface area (Å²) in [4.78, 5) is 14.7. The molecule has 2 heteroatoms. The van der Waals surface area contributed by atoms with E-state index in [0.29, 0.717) is 11.8 Å². The Kier molecular flexibility index (Phi) is 4.42. The Balaban J connectivity index is 1.60. The van der Waals surface area contributed by atoms with Crippen LogP contribution in [-0.4, -0.2) is 17.4 Å². The third-order valence-electron chi connectivity index (χ3n) is 4.97. The van der Waals surface area contributed by atoms with E-state index in [9.17, 15) is 4.79 Å². The van der Waals surface area contributed by atoms with E-state index >= 15 is 0 Å². The molecule has 0 spiro atoms. The number of fused-ring (bicyclic) bond motifs is 1. The van der Waals surface area contributed by atoms with Crippen molar-refractivity contribution in [1.82, 2.24) is 4.90 Å². The maximum atomic E-state index is 12.7. The van der Waals surface area contributed by atoms with Crippen molar-refractivity contribution in [2.24, 2.45) is 11.8 Å². The Bertz CT molecular complexity index is 520. The van der Waals surface area contributed by atoms with Crippen LogP contribution in [0.3, 0.4) is 0 Å². The third-order valence-corrected chi connectivity index (χ3v) is 4.97. The summed E-state index contributed by atoms with van der Waals surface area (Å²) in [6.45, 7) is 2.96. The average Bonchev–Trinajstić information content (AvgIpc) is 2.51. The van der Waals surface area contributed by atoms with Gasteiger partial charge in [-0.2, -0.15) is 0 Å². The minimum Gasteiger partial charge on any atom is -0.317 e. The minimum absolute atomic E-state index is 0.263. The predicted molar refractivity (Wildman–Crippen MR) is 85.7 cm³/mol. The van der Waals surface area contributed by atoms with E-state index in [1.165, 1.54) is 30.5 Å². The van der Waals surface area contributed by atoms with E-state index in [-0.39, 0.29) is 5.92 Å². The first kappa shape index (κ1) is 14.4. The smallest absolute Gasteiger partial charge is 0.230 e. The van der Waals surface area contributed by atoms with Gasteiger partial charge in [0.05, 0.1) is 0 Å². The van der Waals surface area contributed by atoms with Crippen LogP contribution in [0.15, 0.2) is 42.1 Å². The summed E-state index contributed by atoms with van der Waals surface area (Å²) in [7, 11) is 0. The lowest BCUT2D eigenvalue weighted by atomic mass is 9.76. The summed E-state index contributed by atoms with van der Waals surface area (Å²) < 4.78 is 0. The van der Waals surface area contributed by atoms with Crippen LogP contribution in [0.25, 0.3) is 0 Å². The largest absolute Gasteiger partial charge is 0.317 e. The number of amides is 1. The second kappa shape index (κ2) is 6.46. The van der Waals surface area contributed by atoms with Crippen LogP contribution in [0, 0.1) is 11.8 Å². The van der Waals surface area contributed by atoms with E-state index in [0.717, 1.165) is 25.8 Å². The Labute approximate surface area is 127 Å². The van der Waals surface area contributed by atoms with Gasteiger partial charge in [-0.1, -0.05) is 49.2 Å². The highest BCUT2D eigenvalue weighted by atomic mass is 16.2.